The number of benzene rings is 3. The van der Waals surface area contributed by atoms with E-state index in [1.165, 1.54) is 18.2 Å². The fourth-order valence-electron chi connectivity index (χ4n) is 3.02. The number of phenolic OH excluding ortho intramolecular Hbond substituents is 1. The van der Waals surface area contributed by atoms with E-state index < -0.39 is 15.8 Å². The van der Waals surface area contributed by atoms with E-state index >= 15 is 0 Å². The lowest BCUT2D eigenvalue weighted by Crippen LogP contribution is -2.18. The molecule has 0 aromatic heterocycles. The van der Waals surface area contributed by atoms with Gasteiger partial charge in [-0.3, -0.25) is 4.79 Å². The molecule has 0 atom stereocenters. The van der Waals surface area contributed by atoms with Crippen LogP contribution in [-0.4, -0.2) is 19.3 Å². The number of hydrogen-bond donors (Lipinski definition) is 2. The van der Waals surface area contributed by atoms with E-state index in [9.17, 15) is 18.3 Å². The second-order valence-corrected chi connectivity index (χ2v) is 10.8. The van der Waals surface area contributed by atoms with Crippen LogP contribution in [0, 0.1) is 0 Å². The summed E-state index contributed by atoms with van der Waals surface area (Å²) in [5.41, 5.74) is 0.811. The maximum atomic E-state index is 13.1. The highest BCUT2D eigenvalue weighted by Crippen LogP contribution is 2.38. The van der Waals surface area contributed by atoms with Gasteiger partial charge in [-0.1, -0.05) is 25.4 Å². The van der Waals surface area contributed by atoms with Crippen LogP contribution in [-0.2, 0) is 10.0 Å². The average molecular weight is 604 g/mol. The van der Waals surface area contributed by atoms with Gasteiger partial charge in [-0.2, -0.15) is 0 Å². The highest BCUT2D eigenvalue weighted by atomic mass is 79.9. The fraction of sp³-hybridized carbons (Fsp3) is 0.136. The molecule has 0 saturated heterocycles. The van der Waals surface area contributed by atoms with Crippen LogP contribution in [0.3, 0.4) is 0 Å². The second kappa shape index (κ2) is 9.52. The molecule has 0 radical (unpaired) electrons. The summed E-state index contributed by atoms with van der Waals surface area (Å²) in [5, 5.41) is 15.4. The normalized spacial score (nSPS) is 11.6. The smallest absolute Gasteiger partial charge is 0.238 e. The van der Waals surface area contributed by atoms with E-state index in [0.717, 1.165) is 5.56 Å². The number of halogens is 3. The highest BCUT2D eigenvalue weighted by Gasteiger charge is 2.26. The van der Waals surface area contributed by atoms with Crippen molar-refractivity contribution in [2.75, 3.05) is 0 Å². The number of aromatic hydroxyl groups is 1. The molecule has 0 heterocycles. The first-order chi connectivity index (χ1) is 14.9. The lowest BCUT2D eigenvalue weighted by Gasteiger charge is -2.13. The van der Waals surface area contributed by atoms with Crippen molar-refractivity contribution in [2.45, 2.75) is 24.7 Å². The van der Waals surface area contributed by atoms with Crippen molar-refractivity contribution in [1.29, 1.82) is 0 Å². The summed E-state index contributed by atoms with van der Waals surface area (Å²) in [6.45, 7) is 3.92. The fourth-order valence-corrected chi connectivity index (χ4v) is 5.52. The molecule has 0 amide bonds. The molecular weight excluding hydrogens is 586 g/mol. The molecule has 3 aromatic rings. The molecule has 0 aliphatic rings. The van der Waals surface area contributed by atoms with Crippen LogP contribution < -0.4 is 9.88 Å². The lowest BCUT2D eigenvalue weighted by molar-refractivity contribution is 0.103. The van der Waals surface area contributed by atoms with Crippen LogP contribution in [0.15, 0.2) is 62.4 Å². The van der Waals surface area contributed by atoms with Gasteiger partial charge in [-0.05, 0) is 86.3 Å². The predicted octanol–water partition coefficient (Wildman–Crippen LogP) is 6.36. The minimum atomic E-state index is -4.20. The minimum Gasteiger partial charge on any atom is -0.508 e. The average Bonchev–Trinajstić information content (AvgIpc) is 2.72. The van der Waals surface area contributed by atoms with Gasteiger partial charge in [0, 0.05) is 20.1 Å². The van der Waals surface area contributed by atoms with Gasteiger partial charge >= 0.3 is 0 Å². The van der Waals surface area contributed by atoms with E-state index in [0.29, 0.717) is 11.5 Å². The van der Waals surface area contributed by atoms with E-state index in [4.69, 9.17) is 21.5 Å². The molecule has 0 fully saturated rings. The molecule has 168 valence electrons. The van der Waals surface area contributed by atoms with Crippen molar-refractivity contribution < 1.29 is 23.1 Å². The van der Waals surface area contributed by atoms with E-state index in [2.05, 4.69) is 31.9 Å². The zero-order chi connectivity index (χ0) is 23.8. The minimum absolute atomic E-state index is 0.114. The molecule has 0 unspecified atom stereocenters. The Morgan fingerprint density at radius 1 is 1.06 bits per heavy atom. The van der Waals surface area contributed by atoms with E-state index in [1.807, 2.05) is 13.8 Å². The number of phenols is 1. The third-order valence-corrected chi connectivity index (χ3v) is 7.84. The highest BCUT2D eigenvalue weighted by molar-refractivity contribution is 9.11. The molecular formula is C22H18Br2ClNO5S. The molecule has 3 aromatic carbocycles. The van der Waals surface area contributed by atoms with E-state index in [1.54, 1.807) is 30.3 Å². The Bertz CT molecular complexity index is 1310. The predicted molar refractivity (Wildman–Crippen MR) is 130 cm³/mol. The van der Waals surface area contributed by atoms with Crippen molar-refractivity contribution in [1.82, 2.24) is 0 Å². The number of nitrogens with two attached hydrogens (primary N) is 1. The number of carbonyl (C=O) groups excluding carboxylic acids is 1. The van der Waals surface area contributed by atoms with Crippen molar-refractivity contribution in [3.63, 3.8) is 0 Å². The Balaban J connectivity index is 1.95. The van der Waals surface area contributed by atoms with Gasteiger partial charge in [-0.25, -0.2) is 13.6 Å². The number of ketones is 1. The number of ether oxygens (including phenoxy) is 1. The monoisotopic (exact) mass is 601 g/mol. The van der Waals surface area contributed by atoms with Crippen LogP contribution in [0.2, 0.25) is 5.02 Å². The van der Waals surface area contributed by atoms with Crippen molar-refractivity contribution in [3.8, 4) is 17.2 Å². The van der Waals surface area contributed by atoms with Gasteiger partial charge < -0.3 is 9.84 Å². The van der Waals surface area contributed by atoms with Crippen LogP contribution in [0.5, 0.6) is 17.2 Å². The van der Waals surface area contributed by atoms with Crippen LogP contribution in [0.4, 0.5) is 0 Å². The largest absolute Gasteiger partial charge is 0.508 e. The summed E-state index contributed by atoms with van der Waals surface area (Å²) < 4.78 is 30.4. The number of carbonyl (C=O) groups is 1. The summed E-state index contributed by atoms with van der Waals surface area (Å²) in [6.07, 6.45) is 0. The summed E-state index contributed by atoms with van der Waals surface area (Å²) in [6, 6.07) is 12.3. The maximum Gasteiger partial charge on any atom is 0.238 e. The van der Waals surface area contributed by atoms with Gasteiger partial charge in [0.1, 0.15) is 17.2 Å². The Hall–Kier alpha value is -1.91. The third kappa shape index (κ3) is 5.18. The zero-order valence-corrected chi connectivity index (χ0v) is 21.6. The summed E-state index contributed by atoms with van der Waals surface area (Å²) in [5.74, 6) is 0.722. The molecule has 0 aliphatic carbocycles. The second-order valence-electron chi connectivity index (χ2n) is 7.24. The Labute approximate surface area is 207 Å². The first-order valence-corrected chi connectivity index (χ1v) is 12.8. The summed E-state index contributed by atoms with van der Waals surface area (Å²) >= 11 is 12.5. The molecule has 0 spiro atoms. The lowest BCUT2D eigenvalue weighted by atomic mass is 10.0. The molecule has 3 N–H and O–H groups in total. The topological polar surface area (TPSA) is 107 Å². The summed E-state index contributed by atoms with van der Waals surface area (Å²) in [4.78, 5) is 12.8. The molecule has 32 heavy (non-hydrogen) atoms. The standard InChI is InChI=1S/C22H18Br2ClNO5S/c1-11(2)15-9-14(7-8-17(15)27)31-13-5-3-12(4-6-13)22(28)19-18(32(26,29)30)10-16(23)21(25)20(19)24/h3-11,27H,1-2H3,(H2,26,29,30). The van der Waals surface area contributed by atoms with Crippen molar-refractivity contribution in [2.24, 2.45) is 5.14 Å². The van der Waals surface area contributed by atoms with Gasteiger partial charge in [-0.15, -0.1) is 0 Å². The van der Waals surface area contributed by atoms with Crippen LogP contribution in [0.25, 0.3) is 0 Å². The number of hydrogen-bond acceptors (Lipinski definition) is 5. The van der Waals surface area contributed by atoms with Gasteiger partial charge in [0.15, 0.2) is 5.78 Å². The van der Waals surface area contributed by atoms with Crippen molar-refractivity contribution >= 4 is 59.3 Å². The Morgan fingerprint density at radius 2 is 1.66 bits per heavy atom. The SMILES string of the molecule is CC(C)c1cc(Oc2ccc(C(=O)c3c(S(N)(=O)=O)cc(Br)c(Cl)c3Br)cc2)ccc1O. The number of rotatable bonds is 6. The van der Waals surface area contributed by atoms with Gasteiger partial charge in [0.05, 0.1) is 15.5 Å². The maximum absolute atomic E-state index is 13.1. The van der Waals surface area contributed by atoms with E-state index in [-0.39, 0.29) is 41.7 Å². The van der Waals surface area contributed by atoms with Crippen LogP contribution >= 0.6 is 43.5 Å². The third-order valence-electron chi connectivity index (χ3n) is 4.63. The number of primary sulfonamides is 1. The molecule has 3 rings (SSSR count). The van der Waals surface area contributed by atoms with Crippen LogP contribution in [0.1, 0.15) is 41.3 Å². The first-order valence-electron chi connectivity index (χ1n) is 9.26. The molecule has 0 saturated carbocycles. The Kier molecular flexibility index (Phi) is 7.36. The van der Waals surface area contributed by atoms with Gasteiger partial charge in [0.25, 0.3) is 0 Å². The van der Waals surface area contributed by atoms with Gasteiger partial charge in [0.2, 0.25) is 10.0 Å². The summed E-state index contributed by atoms with van der Waals surface area (Å²) in [7, 11) is -4.20. The van der Waals surface area contributed by atoms with Crippen molar-refractivity contribution in [3.05, 3.63) is 79.2 Å². The first kappa shape index (κ1) is 24.7. The number of sulfonamides is 1. The molecule has 0 bridgehead atoms. The molecule has 0 aliphatic heterocycles. The zero-order valence-electron chi connectivity index (χ0n) is 16.9. The Morgan fingerprint density at radius 3 is 2.22 bits per heavy atom. The molecule has 6 nitrogen and oxygen atoms in total. The quantitative estimate of drug-likeness (QED) is 0.252. The molecule has 10 heteroatoms.